The minimum absolute atomic E-state index is 0.0862. The molecule has 23 heavy (non-hydrogen) atoms. The van der Waals surface area contributed by atoms with Crippen molar-refractivity contribution in [3.05, 3.63) is 59.7 Å². The molecule has 0 aromatic heterocycles. The second kappa shape index (κ2) is 6.13. The molecular formula is C19H19N3O. The van der Waals surface area contributed by atoms with Crippen LogP contribution < -0.4 is 10.2 Å². The third-order valence-corrected chi connectivity index (χ3v) is 4.13. The molecule has 4 heteroatoms. The molecule has 0 aliphatic carbocycles. The maximum absolute atomic E-state index is 12.9. The van der Waals surface area contributed by atoms with E-state index in [1.807, 2.05) is 55.1 Å². The Bertz CT molecular complexity index is 759. The number of amides is 1. The fourth-order valence-corrected chi connectivity index (χ4v) is 2.83. The number of hydrogen-bond donors (Lipinski definition) is 1. The molecule has 1 aliphatic rings. The van der Waals surface area contributed by atoms with Crippen LogP contribution in [0.15, 0.2) is 48.5 Å². The number of nitrogens with one attached hydrogen (secondary N) is 1. The topological polar surface area (TPSA) is 56.1 Å². The van der Waals surface area contributed by atoms with Crippen molar-refractivity contribution >= 4 is 17.3 Å². The van der Waals surface area contributed by atoms with Crippen molar-refractivity contribution in [3.8, 4) is 6.07 Å². The van der Waals surface area contributed by atoms with Crippen LogP contribution in [0.3, 0.4) is 0 Å². The lowest BCUT2D eigenvalue weighted by Crippen LogP contribution is -2.49. The van der Waals surface area contributed by atoms with Crippen LogP contribution in [0.25, 0.3) is 0 Å². The van der Waals surface area contributed by atoms with Gasteiger partial charge in [0, 0.05) is 0 Å². The number of nitrogens with zero attached hydrogens (tertiary/aromatic N) is 2. The smallest absolute Gasteiger partial charge is 0.250 e. The zero-order chi connectivity index (χ0) is 16.4. The van der Waals surface area contributed by atoms with Crippen LogP contribution >= 0.6 is 0 Å². The molecule has 0 fully saturated rings. The molecule has 1 atom stereocenters. The van der Waals surface area contributed by atoms with Gasteiger partial charge in [-0.05, 0) is 35.7 Å². The van der Waals surface area contributed by atoms with Gasteiger partial charge in [0.05, 0.1) is 29.6 Å². The van der Waals surface area contributed by atoms with E-state index in [9.17, 15) is 4.79 Å². The van der Waals surface area contributed by atoms with Crippen molar-refractivity contribution in [2.75, 3.05) is 10.2 Å². The van der Waals surface area contributed by atoms with Crippen molar-refractivity contribution in [2.24, 2.45) is 5.92 Å². The van der Waals surface area contributed by atoms with E-state index in [4.69, 9.17) is 5.26 Å². The Hall–Kier alpha value is -2.80. The Morgan fingerprint density at radius 3 is 2.52 bits per heavy atom. The van der Waals surface area contributed by atoms with Gasteiger partial charge in [-0.25, -0.2) is 0 Å². The molecule has 0 spiro atoms. The number of anilines is 2. The molecular weight excluding hydrogens is 286 g/mol. The van der Waals surface area contributed by atoms with Crippen LogP contribution in [0.1, 0.15) is 25.0 Å². The monoisotopic (exact) mass is 305 g/mol. The van der Waals surface area contributed by atoms with Crippen molar-refractivity contribution in [1.82, 2.24) is 0 Å². The number of fused-ring (bicyclic) bond motifs is 1. The summed E-state index contributed by atoms with van der Waals surface area (Å²) in [5, 5.41) is 12.2. The normalized spacial score (nSPS) is 16.7. The summed E-state index contributed by atoms with van der Waals surface area (Å²) in [6, 6.07) is 17.1. The quantitative estimate of drug-likeness (QED) is 0.943. The predicted molar refractivity (Wildman–Crippen MR) is 91.0 cm³/mol. The molecule has 1 heterocycles. The molecule has 0 bridgehead atoms. The number of nitriles is 1. The Kier molecular flexibility index (Phi) is 4.03. The van der Waals surface area contributed by atoms with Crippen molar-refractivity contribution in [1.29, 1.82) is 5.26 Å². The highest BCUT2D eigenvalue weighted by atomic mass is 16.2. The highest BCUT2D eigenvalue weighted by Gasteiger charge is 2.33. The maximum atomic E-state index is 12.9. The van der Waals surface area contributed by atoms with Crippen molar-refractivity contribution in [3.63, 3.8) is 0 Å². The predicted octanol–water partition coefficient (Wildman–Crippen LogP) is 3.54. The van der Waals surface area contributed by atoms with Gasteiger partial charge < -0.3 is 10.2 Å². The Balaban J connectivity index is 1.95. The van der Waals surface area contributed by atoms with Gasteiger partial charge in [-0.1, -0.05) is 38.1 Å². The zero-order valence-corrected chi connectivity index (χ0v) is 13.3. The molecule has 2 aromatic carbocycles. The fourth-order valence-electron chi connectivity index (χ4n) is 2.83. The molecule has 0 saturated heterocycles. The SMILES string of the molecule is CC(C)C1Nc2ccccc2N(Cc2ccc(C#N)cc2)C1=O. The van der Waals surface area contributed by atoms with Crippen LogP contribution in [0.5, 0.6) is 0 Å². The lowest BCUT2D eigenvalue weighted by molar-refractivity contribution is -0.120. The number of carbonyl (C=O) groups excluding carboxylic acids is 1. The van der Waals surface area contributed by atoms with Gasteiger partial charge in [0.25, 0.3) is 0 Å². The number of hydrogen-bond acceptors (Lipinski definition) is 3. The highest BCUT2D eigenvalue weighted by Crippen LogP contribution is 2.34. The Morgan fingerprint density at radius 2 is 1.87 bits per heavy atom. The maximum Gasteiger partial charge on any atom is 0.250 e. The van der Waals surface area contributed by atoms with Crippen LogP contribution in [0, 0.1) is 17.2 Å². The van der Waals surface area contributed by atoms with Gasteiger partial charge >= 0.3 is 0 Å². The zero-order valence-electron chi connectivity index (χ0n) is 13.3. The first kappa shape index (κ1) is 15.1. The summed E-state index contributed by atoms with van der Waals surface area (Å²) in [6.45, 7) is 4.60. The van der Waals surface area contributed by atoms with E-state index in [-0.39, 0.29) is 17.9 Å². The number of benzene rings is 2. The molecule has 1 N–H and O–H groups in total. The highest BCUT2D eigenvalue weighted by molar-refractivity contribution is 6.04. The van der Waals surface area contributed by atoms with E-state index >= 15 is 0 Å². The average Bonchev–Trinajstić information content (AvgIpc) is 2.57. The summed E-state index contributed by atoms with van der Waals surface area (Å²) < 4.78 is 0. The first-order chi connectivity index (χ1) is 11.1. The molecule has 2 aromatic rings. The molecule has 1 amide bonds. The van der Waals surface area contributed by atoms with E-state index in [2.05, 4.69) is 11.4 Å². The minimum Gasteiger partial charge on any atom is -0.372 e. The molecule has 0 radical (unpaired) electrons. The summed E-state index contributed by atoms with van der Waals surface area (Å²) >= 11 is 0. The molecule has 116 valence electrons. The first-order valence-electron chi connectivity index (χ1n) is 7.76. The van der Waals surface area contributed by atoms with Crippen LogP contribution in [-0.4, -0.2) is 11.9 Å². The molecule has 1 aliphatic heterocycles. The lowest BCUT2D eigenvalue weighted by Gasteiger charge is -2.37. The third-order valence-electron chi connectivity index (χ3n) is 4.13. The van der Waals surface area contributed by atoms with E-state index in [0.717, 1.165) is 16.9 Å². The standard InChI is InChI=1S/C19H19N3O/c1-13(2)18-19(23)22(17-6-4-3-5-16(17)21-18)12-15-9-7-14(11-20)8-10-15/h3-10,13,18,21H,12H2,1-2H3. The lowest BCUT2D eigenvalue weighted by atomic mass is 9.98. The number of para-hydroxylation sites is 2. The van der Waals surface area contributed by atoms with E-state index in [1.54, 1.807) is 12.1 Å². The van der Waals surface area contributed by atoms with Gasteiger partial charge in [-0.15, -0.1) is 0 Å². The van der Waals surface area contributed by atoms with E-state index in [0.29, 0.717) is 12.1 Å². The van der Waals surface area contributed by atoms with Crippen LogP contribution in [-0.2, 0) is 11.3 Å². The number of carbonyl (C=O) groups is 1. The van der Waals surface area contributed by atoms with E-state index < -0.39 is 0 Å². The van der Waals surface area contributed by atoms with Gasteiger partial charge in [0.1, 0.15) is 6.04 Å². The molecule has 0 saturated carbocycles. The van der Waals surface area contributed by atoms with Gasteiger partial charge in [-0.3, -0.25) is 4.79 Å². The Labute approximate surface area is 136 Å². The van der Waals surface area contributed by atoms with Crippen molar-refractivity contribution in [2.45, 2.75) is 26.4 Å². The van der Waals surface area contributed by atoms with E-state index in [1.165, 1.54) is 0 Å². The summed E-state index contributed by atoms with van der Waals surface area (Å²) in [7, 11) is 0. The largest absolute Gasteiger partial charge is 0.372 e. The number of rotatable bonds is 3. The average molecular weight is 305 g/mol. The third kappa shape index (κ3) is 2.91. The summed E-state index contributed by atoms with van der Waals surface area (Å²) in [5.41, 5.74) is 3.52. The van der Waals surface area contributed by atoms with Crippen LogP contribution in [0.4, 0.5) is 11.4 Å². The van der Waals surface area contributed by atoms with Gasteiger partial charge in [0.15, 0.2) is 0 Å². The molecule has 1 unspecified atom stereocenters. The van der Waals surface area contributed by atoms with Gasteiger partial charge in [0.2, 0.25) is 5.91 Å². The fraction of sp³-hybridized carbons (Fsp3) is 0.263. The van der Waals surface area contributed by atoms with Crippen LogP contribution in [0.2, 0.25) is 0 Å². The van der Waals surface area contributed by atoms with Gasteiger partial charge in [-0.2, -0.15) is 5.26 Å². The summed E-state index contributed by atoms with van der Waals surface area (Å²) in [5.74, 6) is 0.294. The molecule has 4 nitrogen and oxygen atoms in total. The summed E-state index contributed by atoms with van der Waals surface area (Å²) in [4.78, 5) is 14.7. The summed E-state index contributed by atoms with van der Waals surface area (Å²) in [6.07, 6.45) is 0. The Morgan fingerprint density at radius 1 is 1.17 bits per heavy atom. The van der Waals surface area contributed by atoms with Crippen molar-refractivity contribution < 1.29 is 4.79 Å². The first-order valence-corrected chi connectivity index (χ1v) is 7.76. The second-order valence-electron chi connectivity index (χ2n) is 6.12. The minimum atomic E-state index is -0.219. The molecule has 3 rings (SSSR count). The second-order valence-corrected chi connectivity index (χ2v) is 6.12.